The monoisotopic (exact) mass is 467 g/mol. The van der Waals surface area contributed by atoms with Gasteiger partial charge in [-0.05, 0) is 69.1 Å². The Hall–Kier alpha value is -2.64. The normalized spacial score (nSPS) is 18.4. The van der Waals surface area contributed by atoms with Crippen LogP contribution in [0.25, 0.3) is 6.08 Å². The molecular weight excluding hydrogens is 437 g/mol. The van der Waals surface area contributed by atoms with Crippen LogP contribution in [0.3, 0.4) is 0 Å². The molecule has 1 saturated heterocycles. The van der Waals surface area contributed by atoms with Gasteiger partial charge in [-0.15, -0.1) is 0 Å². The fraction of sp³-hybridized carbons (Fsp3) is 0.385. The van der Waals surface area contributed by atoms with E-state index in [0.717, 1.165) is 36.9 Å². The van der Waals surface area contributed by atoms with Crippen molar-refractivity contribution in [2.75, 3.05) is 37.6 Å². The Bertz CT molecular complexity index is 1030. The number of piperidine rings is 1. The summed E-state index contributed by atoms with van der Waals surface area (Å²) in [7, 11) is 0. The minimum Gasteiger partial charge on any atom is -0.355 e. The number of fused-ring (bicyclic) bond motifs is 1. The van der Waals surface area contributed by atoms with Gasteiger partial charge < -0.3 is 10.2 Å². The van der Waals surface area contributed by atoms with Gasteiger partial charge in [0, 0.05) is 17.0 Å². The number of nitrogens with one attached hydrogen (secondary N) is 1. The Kier molecular flexibility index (Phi) is 7.83. The molecule has 7 heteroatoms. The van der Waals surface area contributed by atoms with E-state index < -0.39 is 0 Å². The summed E-state index contributed by atoms with van der Waals surface area (Å²) in [6.07, 6.45) is 4.93. The third kappa shape index (κ3) is 6.03. The van der Waals surface area contributed by atoms with Crippen LogP contribution in [0.5, 0.6) is 0 Å². The second kappa shape index (κ2) is 11.0. The van der Waals surface area contributed by atoms with Crippen molar-refractivity contribution in [1.82, 2.24) is 10.2 Å². The quantitative estimate of drug-likeness (QED) is 0.480. The van der Waals surface area contributed by atoms with Crippen LogP contribution in [0.15, 0.2) is 58.3 Å². The lowest BCUT2D eigenvalue weighted by molar-refractivity contribution is -0.122. The number of nitrogens with zero attached hydrogens (tertiary/aromatic N) is 2. The molecule has 0 aliphatic carbocycles. The summed E-state index contributed by atoms with van der Waals surface area (Å²) in [5, 5.41) is 2.96. The molecule has 2 aliphatic heterocycles. The third-order valence-electron chi connectivity index (χ3n) is 6.17. The van der Waals surface area contributed by atoms with Crippen molar-refractivity contribution in [2.24, 2.45) is 5.92 Å². The van der Waals surface area contributed by atoms with Crippen molar-refractivity contribution in [3.63, 3.8) is 0 Å². The molecule has 1 fully saturated rings. The predicted octanol–water partition coefficient (Wildman–Crippen LogP) is 4.54. The zero-order valence-corrected chi connectivity index (χ0v) is 19.7. The zero-order valence-electron chi connectivity index (χ0n) is 18.9. The highest BCUT2D eigenvalue weighted by Gasteiger charge is 2.30. The molecule has 0 saturated carbocycles. The molecule has 174 valence electrons. The number of thioether (sulfide) groups is 1. The molecule has 2 heterocycles. The number of anilines is 1. The smallest absolute Gasteiger partial charge is 0.265 e. The first-order valence-electron chi connectivity index (χ1n) is 11.6. The van der Waals surface area contributed by atoms with E-state index in [4.69, 9.17) is 0 Å². The summed E-state index contributed by atoms with van der Waals surface area (Å²) in [6, 6.07) is 13.8. The lowest BCUT2D eigenvalue weighted by atomic mass is 9.99. The summed E-state index contributed by atoms with van der Waals surface area (Å²) in [5.41, 5.74) is 1.06. The summed E-state index contributed by atoms with van der Waals surface area (Å²) in [5.74, 6) is -0.0618. The first kappa shape index (κ1) is 23.5. The second-order valence-electron chi connectivity index (χ2n) is 8.72. The SMILES string of the molecule is CC1CCN(CCCNC(=O)CN2C(=O)C(=Cc3ccccc3F)Sc3ccccc32)CC1. The van der Waals surface area contributed by atoms with E-state index in [1.54, 1.807) is 24.3 Å². The average molecular weight is 468 g/mol. The largest absolute Gasteiger partial charge is 0.355 e. The number of rotatable bonds is 7. The van der Waals surface area contributed by atoms with E-state index in [9.17, 15) is 14.0 Å². The Morgan fingerprint density at radius 1 is 1.15 bits per heavy atom. The molecule has 2 aromatic rings. The summed E-state index contributed by atoms with van der Waals surface area (Å²) >= 11 is 1.30. The van der Waals surface area contributed by atoms with Crippen molar-refractivity contribution in [3.05, 3.63) is 64.8 Å². The molecule has 2 amide bonds. The lowest BCUT2D eigenvalue weighted by Crippen LogP contribution is -2.43. The first-order valence-corrected chi connectivity index (χ1v) is 12.4. The van der Waals surface area contributed by atoms with Gasteiger partial charge in [-0.25, -0.2) is 4.39 Å². The van der Waals surface area contributed by atoms with E-state index in [-0.39, 0.29) is 24.2 Å². The minimum atomic E-state index is -0.385. The number of benzene rings is 2. The van der Waals surface area contributed by atoms with Crippen LogP contribution in [-0.4, -0.2) is 49.4 Å². The highest BCUT2D eigenvalue weighted by molar-refractivity contribution is 8.04. The molecule has 0 unspecified atom stereocenters. The average Bonchev–Trinajstić information content (AvgIpc) is 2.82. The van der Waals surface area contributed by atoms with Crippen LogP contribution in [-0.2, 0) is 9.59 Å². The Morgan fingerprint density at radius 2 is 1.88 bits per heavy atom. The van der Waals surface area contributed by atoms with Gasteiger partial charge in [0.2, 0.25) is 5.91 Å². The highest BCUT2D eigenvalue weighted by atomic mass is 32.2. The summed E-state index contributed by atoms with van der Waals surface area (Å²) in [6.45, 7) is 6.05. The fourth-order valence-corrected chi connectivity index (χ4v) is 5.22. The number of hydrogen-bond acceptors (Lipinski definition) is 4. The van der Waals surface area contributed by atoms with Crippen molar-refractivity contribution in [3.8, 4) is 0 Å². The summed E-state index contributed by atoms with van der Waals surface area (Å²) < 4.78 is 14.2. The Balaban J connectivity index is 1.39. The van der Waals surface area contributed by atoms with Crippen molar-refractivity contribution >= 4 is 35.3 Å². The Labute approximate surface area is 199 Å². The van der Waals surface area contributed by atoms with Crippen LogP contribution < -0.4 is 10.2 Å². The molecule has 0 aromatic heterocycles. The molecule has 0 bridgehead atoms. The van der Waals surface area contributed by atoms with Gasteiger partial charge in [-0.2, -0.15) is 0 Å². The Morgan fingerprint density at radius 3 is 2.67 bits per heavy atom. The topological polar surface area (TPSA) is 52.7 Å². The molecule has 2 aromatic carbocycles. The van der Waals surface area contributed by atoms with E-state index in [2.05, 4.69) is 17.1 Å². The molecule has 5 nitrogen and oxygen atoms in total. The highest BCUT2D eigenvalue weighted by Crippen LogP contribution is 2.42. The van der Waals surface area contributed by atoms with Gasteiger partial charge in [0.15, 0.2) is 0 Å². The van der Waals surface area contributed by atoms with E-state index >= 15 is 0 Å². The van der Waals surface area contributed by atoms with Crippen LogP contribution in [0.4, 0.5) is 10.1 Å². The molecule has 1 N–H and O–H groups in total. The number of para-hydroxylation sites is 1. The van der Waals surface area contributed by atoms with E-state index in [1.165, 1.54) is 35.6 Å². The summed E-state index contributed by atoms with van der Waals surface area (Å²) in [4.78, 5) is 31.1. The zero-order chi connectivity index (χ0) is 23.2. The van der Waals surface area contributed by atoms with Gasteiger partial charge in [0.25, 0.3) is 5.91 Å². The van der Waals surface area contributed by atoms with Crippen molar-refractivity contribution in [2.45, 2.75) is 31.1 Å². The minimum absolute atomic E-state index is 0.0632. The number of hydrogen-bond donors (Lipinski definition) is 1. The van der Waals surface area contributed by atoms with Gasteiger partial charge in [0.1, 0.15) is 12.4 Å². The van der Waals surface area contributed by atoms with Gasteiger partial charge >= 0.3 is 0 Å². The maximum Gasteiger partial charge on any atom is 0.265 e. The van der Waals surface area contributed by atoms with Crippen molar-refractivity contribution in [1.29, 1.82) is 0 Å². The standard InChI is InChI=1S/C26H30FN3O2S/c1-19-11-15-29(16-12-19)14-6-13-28-25(31)18-30-22-9-4-5-10-23(22)33-24(26(30)32)17-20-7-2-3-8-21(20)27/h2-5,7-10,17,19H,6,11-16,18H2,1H3,(H,28,31). The second-order valence-corrected chi connectivity index (χ2v) is 9.80. The van der Waals surface area contributed by atoms with Crippen LogP contribution in [0, 0.1) is 11.7 Å². The number of amides is 2. The number of carbonyl (C=O) groups excluding carboxylic acids is 2. The van der Waals surface area contributed by atoms with E-state index in [1.807, 2.05) is 24.3 Å². The number of carbonyl (C=O) groups is 2. The number of halogens is 1. The molecule has 0 atom stereocenters. The van der Waals surface area contributed by atoms with Crippen LogP contribution in [0.1, 0.15) is 31.7 Å². The third-order valence-corrected chi connectivity index (χ3v) is 7.25. The van der Waals surface area contributed by atoms with Gasteiger partial charge in [-0.3, -0.25) is 14.5 Å². The maximum atomic E-state index is 14.2. The fourth-order valence-electron chi connectivity index (χ4n) is 4.17. The van der Waals surface area contributed by atoms with Crippen LogP contribution in [0.2, 0.25) is 0 Å². The molecule has 0 spiro atoms. The molecule has 4 rings (SSSR count). The molecule has 0 radical (unpaired) electrons. The maximum absolute atomic E-state index is 14.2. The van der Waals surface area contributed by atoms with Crippen molar-refractivity contribution < 1.29 is 14.0 Å². The van der Waals surface area contributed by atoms with Gasteiger partial charge in [-0.1, -0.05) is 49.0 Å². The van der Waals surface area contributed by atoms with Gasteiger partial charge in [0.05, 0.1) is 10.6 Å². The predicted molar refractivity (Wildman–Crippen MR) is 131 cm³/mol. The lowest BCUT2D eigenvalue weighted by Gasteiger charge is -2.30. The molecule has 33 heavy (non-hydrogen) atoms. The van der Waals surface area contributed by atoms with E-state index in [0.29, 0.717) is 22.7 Å². The molecule has 2 aliphatic rings. The number of likely N-dealkylation sites (tertiary alicyclic amines) is 1. The van der Waals surface area contributed by atoms with Crippen LogP contribution >= 0.6 is 11.8 Å². The first-order chi connectivity index (χ1) is 16.0. The molecular formula is C26H30FN3O2S.